The Balaban J connectivity index is 3.91. The van der Waals surface area contributed by atoms with Gasteiger partial charge < -0.3 is 18.9 Å². The highest BCUT2D eigenvalue weighted by Crippen LogP contribution is 2.08. The molecular formula is C26H46O8. The molecule has 8 nitrogen and oxygen atoms in total. The molecule has 0 saturated heterocycles. The third kappa shape index (κ3) is 18.3. The van der Waals surface area contributed by atoms with Gasteiger partial charge in [-0.1, -0.05) is 78.1 Å². The number of unbranched alkanes of at least 4 members (excludes halogenated alkanes) is 10. The fraction of sp³-hybridized carbons (Fsp3) is 0.846. The topological polar surface area (TPSA) is 105 Å². The SMILES string of the molecule is CCCCCCCCOC(=O)C(C)OC(=O)CCC(=O)OC(C)C(=O)OCCCCCCCC. The minimum absolute atomic E-state index is 0.257. The number of hydrogen-bond donors (Lipinski definition) is 0. The Kier molecular flexibility index (Phi) is 20.1. The molecule has 0 radical (unpaired) electrons. The second-order valence-electron chi connectivity index (χ2n) is 8.63. The summed E-state index contributed by atoms with van der Waals surface area (Å²) >= 11 is 0. The second-order valence-corrected chi connectivity index (χ2v) is 8.63. The summed E-state index contributed by atoms with van der Waals surface area (Å²) < 4.78 is 20.3. The first kappa shape index (κ1) is 31.9. The Hall–Kier alpha value is -2.12. The third-order valence-electron chi connectivity index (χ3n) is 5.30. The van der Waals surface area contributed by atoms with Gasteiger partial charge in [0.2, 0.25) is 0 Å². The van der Waals surface area contributed by atoms with Crippen LogP contribution in [0.1, 0.15) is 118 Å². The molecule has 0 saturated carbocycles. The lowest BCUT2D eigenvalue weighted by atomic mass is 10.1. The Labute approximate surface area is 205 Å². The van der Waals surface area contributed by atoms with E-state index in [1.165, 1.54) is 52.4 Å². The lowest BCUT2D eigenvalue weighted by Gasteiger charge is -2.14. The van der Waals surface area contributed by atoms with Crippen LogP contribution in [0.25, 0.3) is 0 Å². The van der Waals surface area contributed by atoms with Crippen molar-refractivity contribution < 1.29 is 38.1 Å². The standard InChI is InChI=1S/C26H46O8/c1-5-7-9-11-13-15-19-31-25(29)21(3)33-23(27)17-18-24(28)34-22(4)26(30)32-20-16-14-12-10-8-6-2/h21-22H,5-20H2,1-4H3. The van der Waals surface area contributed by atoms with Crippen molar-refractivity contribution in [3.05, 3.63) is 0 Å². The van der Waals surface area contributed by atoms with E-state index in [0.717, 1.165) is 38.5 Å². The van der Waals surface area contributed by atoms with Crippen LogP contribution in [0, 0.1) is 0 Å². The quantitative estimate of drug-likeness (QED) is 0.120. The highest BCUT2D eigenvalue weighted by atomic mass is 16.6. The highest BCUT2D eigenvalue weighted by Gasteiger charge is 2.22. The molecule has 0 aliphatic carbocycles. The van der Waals surface area contributed by atoms with Crippen molar-refractivity contribution in [3.8, 4) is 0 Å². The van der Waals surface area contributed by atoms with Gasteiger partial charge in [-0.15, -0.1) is 0 Å². The molecule has 0 aliphatic heterocycles. The van der Waals surface area contributed by atoms with Crippen LogP contribution in [0.2, 0.25) is 0 Å². The molecule has 0 N–H and O–H groups in total. The van der Waals surface area contributed by atoms with Crippen LogP contribution < -0.4 is 0 Å². The van der Waals surface area contributed by atoms with E-state index in [4.69, 9.17) is 18.9 Å². The van der Waals surface area contributed by atoms with E-state index < -0.39 is 36.1 Å². The molecule has 0 fully saturated rings. The van der Waals surface area contributed by atoms with Crippen LogP contribution in [0.4, 0.5) is 0 Å². The first-order valence-electron chi connectivity index (χ1n) is 13.0. The molecule has 0 aromatic rings. The maximum atomic E-state index is 11.9. The zero-order valence-electron chi connectivity index (χ0n) is 21.7. The molecule has 0 aromatic carbocycles. The van der Waals surface area contributed by atoms with Gasteiger partial charge in [0.1, 0.15) is 0 Å². The minimum Gasteiger partial charge on any atom is -0.463 e. The molecule has 0 aromatic heterocycles. The predicted molar refractivity (Wildman–Crippen MR) is 129 cm³/mol. The zero-order valence-corrected chi connectivity index (χ0v) is 21.7. The van der Waals surface area contributed by atoms with Crippen LogP contribution >= 0.6 is 0 Å². The molecular weight excluding hydrogens is 440 g/mol. The van der Waals surface area contributed by atoms with Crippen LogP contribution in [0.15, 0.2) is 0 Å². The van der Waals surface area contributed by atoms with Crippen LogP contribution in [0.5, 0.6) is 0 Å². The molecule has 2 atom stereocenters. The Morgan fingerprint density at radius 1 is 0.529 bits per heavy atom. The number of hydrogen-bond acceptors (Lipinski definition) is 8. The summed E-state index contributed by atoms with van der Waals surface area (Å²) in [6.45, 7) is 7.77. The molecule has 198 valence electrons. The number of ether oxygens (including phenoxy) is 4. The van der Waals surface area contributed by atoms with E-state index in [9.17, 15) is 19.2 Å². The lowest BCUT2D eigenvalue weighted by molar-refractivity contribution is -0.169. The number of carbonyl (C=O) groups is 4. The Morgan fingerprint density at radius 2 is 0.853 bits per heavy atom. The van der Waals surface area contributed by atoms with Crippen molar-refractivity contribution >= 4 is 23.9 Å². The van der Waals surface area contributed by atoms with Gasteiger partial charge in [0.05, 0.1) is 26.1 Å². The monoisotopic (exact) mass is 486 g/mol. The lowest BCUT2D eigenvalue weighted by Crippen LogP contribution is -2.28. The van der Waals surface area contributed by atoms with Gasteiger partial charge in [0.25, 0.3) is 0 Å². The number of esters is 4. The van der Waals surface area contributed by atoms with Gasteiger partial charge in [0.15, 0.2) is 12.2 Å². The molecule has 0 bridgehead atoms. The van der Waals surface area contributed by atoms with Gasteiger partial charge in [-0.25, -0.2) is 9.59 Å². The summed E-state index contributed by atoms with van der Waals surface area (Å²) in [5.41, 5.74) is 0. The van der Waals surface area contributed by atoms with Crippen molar-refractivity contribution in [1.29, 1.82) is 0 Å². The van der Waals surface area contributed by atoms with Crippen LogP contribution in [0.3, 0.4) is 0 Å². The maximum absolute atomic E-state index is 11.9. The molecule has 2 unspecified atom stereocenters. The summed E-state index contributed by atoms with van der Waals surface area (Å²) in [7, 11) is 0. The van der Waals surface area contributed by atoms with Crippen molar-refractivity contribution in [2.75, 3.05) is 13.2 Å². The molecule has 0 heterocycles. The predicted octanol–water partition coefficient (Wildman–Crippen LogP) is 5.44. The van der Waals surface area contributed by atoms with E-state index in [1.807, 2.05) is 0 Å². The molecule has 8 heteroatoms. The van der Waals surface area contributed by atoms with Gasteiger partial charge in [-0.3, -0.25) is 9.59 Å². The number of carbonyl (C=O) groups excluding carboxylic acids is 4. The van der Waals surface area contributed by atoms with Crippen molar-refractivity contribution in [2.24, 2.45) is 0 Å². The van der Waals surface area contributed by atoms with Crippen LogP contribution in [-0.2, 0) is 38.1 Å². The summed E-state index contributed by atoms with van der Waals surface area (Å²) in [6, 6.07) is 0. The first-order chi connectivity index (χ1) is 16.3. The van der Waals surface area contributed by atoms with Crippen molar-refractivity contribution in [2.45, 2.75) is 130 Å². The first-order valence-corrected chi connectivity index (χ1v) is 13.0. The molecule has 0 aliphatic rings. The molecule has 0 spiro atoms. The molecule has 34 heavy (non-hydrogen) atoms. The van der Waals surface area contributed by atoms with Gasteiger partial charge in [-0.05, 0) is 26.7 Å². The van der Waals surface area contributed by atoms with E-state index in [2.05, 4.69) is 13.8 Å². The average Bonchev–Trinajstić information content (AvgIpc) is 2.81. The largest absolute Gasteiger partial charge is 0.463 e. The smallest absolute Gasteiger partial charge is 0.347 e. The summed E-state index contributed by atoms with van der Waals surface area (Å²) in [5.74, 6) is -2.63. The van der Waals surface area contributed by atoms with E-state index in [-0.39, 0.29) is 12.8 Å². The van der Waals surface area contributed by atoms with Crippen molar-refractivity contribution in [3.63, 3.8) is 0 Å². The summed E-state index contributed by atoms with van der Waals surface area (Å²) in [5, 5.41) is 0. The number of rotatable bonds is 21. The van der Waals surface area contributed by atoms with E-state index >= 15 is 0 Å². The summed E-state index contributed by atoms with van der Waals surface area (Å²) in [6.07, 6.45) is 10.3. The zero-order chi connectivity index (χ0) is 25.6. The minimum atomic E-state index is -1.04. The van der Waals surface area contributed by atoms with Gasteiger partial charge in [-0.2, -0.15) is 0 Å². The Bertz CT molecular complexity index is 525. The maximum Gasteiger partial charge on any atom is 0.347 e. The van der Waals surface area contributed by atoms with Gasteiger partial charge in [0, 0.05) is 0 Å². The van der Waals surface area contributed by atoms with Crippen LogP contribution in [-0.4, -0.2) is 49.3 Å². The average molecular weight is 487 g/mol. The van der Waals surface area contributed by atoms with Crippen molar-refractivity contribution in [1.82, 2.24) is 0 Å². The Morgan fingerprint density at radius 3 is 1.21 bits per heavy atom. The highest BCUT2D eigenvalue weighted by molar-refractivity contribution is 5.83. The summed E-state index contributed by atoms with van der Waals surface area (Å²) in [4.78, 5) is 47.6. The normalized spacial score (nSPS) is 12.5. The fourth-order valence-electron chi connectivity index (χ4n) is 3.16. The third-order valence-corrected chi connectivity index (χ3v) is 5.30. The second kappa shape index (κ2) is 21.4. The van der Waals surface area contributed by atoms with Gasteiger partial charge >= 0.3 is 23.9 Å². The fourth-order valence-corrected chi connectivity index (χ4v) is 3.16. The van der Waals surface area contributed by atoms with E-state index in [1.54, 1.807) is 0 Å². The van der Waals surface area contributed by atoms with E-state index in [0.29, 0.717) is 13.2 Å². The molecule has 0 rings (SSSR count). The molecule has 0 amide bonds.